The van der Waals surface area contributed by atoms with Crippen LogP contribution in [0.3, 0.4) is 0 Å². The smallest absolute Gasteiger partial charge is 0.253 e. The number of amides is 2. The molecule has 2 amide bonds. The molecular formula is C28H25N5O2S. The summed E-state index contributed by atoms with van der Waals surface area (Å²) in [4.78, 5) is 36.2. The third-order valence-corrected chi connectivity index (χ3v) is 7.73. The molecular weight excluding hydrogens is 470 g/mol. The fourth-order valence-corrected chi connectivity index (χ4v) is 5.50. The van der Waals surface area contributed by atoms with Gasteiger partial charge in [-0.3, -0.25) is 9.59 Å². The van der Waals surface area contributed by atoms with Crippen LogP contribution in [0.2, 0.25) is 0 Å². The van der Waals surface area contributed by atoms with Gasteiger partial charge >= 0.3 is 0 Å². The molecule has 0 saturated carbocycles. The normalized spacial score (nSPS) is 14.4. The van der Waals surface area contributed by atoms with Crippen molar-refractivity contribution in [1.29, 1.82) is 0 Å². The summed E-state index contributed by atoms with van der Waals surface area (Å²) in [5.41, 5.74) is 7.11. The molecule has 180 valence electrons. The number of piperidine rings is 1. The average molecular weight is 496 g/mol. The quantitative estimate of drug-likeness (QED) is 0.376. The molecule has 5 aromatic rings. The average Bonchev–Trinajstić information content (AvgIpc) is 3.60. The largest absolute Gasteiger partial charge is 0.348 e. The Balaban J connectivity index is 1.03. The molecule has 3 aromatic heterocycles. The lowest BCUT2D eigenvalue weighted by molar-refractivity contribution is 0.0713. The van der Waals surface area contributed by atoms with Gasteiger partial charge in [-0.2, -0.15) is 0 Å². The molecule has 2 aromatic carbocycles. The zero-order chi connectivity index (χ0) is 24.5. The van der Waals surface area contributed by atoms with E-state index in [1.54, 1.807) is 23.0 Å². The molecule has 8 heteroatoms. The van der Waals surface area contributed by atoms with Crippen molar-refractivity contribution in [3.8, 4) is 0 Å². The Morgan fingerprint density at radius 3 is 2.58 bits per heavy atom. The van der Waals surface area contributed by atoms with Crippen LogP contribution in [-0.2, 0) is 6.54 Å². The standard InChI is InChI=1S/C28H25N5O2S/c34-27(30-17-19-7-11-32-14-10-29-26(32)15-19)22-3-1-20(2-4-22)21-8-12-33(13-9-21)28(35)23-5-6-25-24(16-23)31-18-36-25/h1-7,10-11,14-16,18,21H,8-9,12-13,17H2,(H,30,34). The molecule has 7 nitrogen and oxygen atoms in total. The molecule has 36 heavy (non-hydrogen) atoms. The van der Waals surface area contributed by atoms with E-state index in [9.17, 15) is 9.59 Å². The van der Waals surface area contributed by atoms with Crippen molar-refractivity contribution in [1.82, 2.24) is 24.6 Å². The van der Waals surface area contributed by atoms with Crippen LogP contribution in [0.4, 0.5) is 0 Å². The highest BCUT2D eigenvalue weighted by Gasteiger charge is 2.25. The molecule has 0 bridgehead atoms. The summed E-state index contributed by atoms with van der Waals surface area (Å²) in [7, 11) is 0. The van der Waals surface area contributed by atoms with Crippen LogP contribution in [0.1, 0.15) is 50.6 Å². The number of carbonyl (C=O) groups excluding carboxylic acids is 2. The molecule has 0 aliphatic carbocycles. The molecule has 1 fully saturated rings. The lowest BCUT2D eigenvalue weighted by atomic mass is 9.88. The Bertz CT molecular complexity index is 1550. The number of imidazole rings is 1. The van der Waals surface area contributed by atoms with E-state index in [-0.39, 0.29) is 11.8 Å². The predicted octanol–water partition coefficient (Wildman–Crippen LogP) is 4.89. The number of nitrogens with one attached hydrogen (secondary N) is 1. The summed E-state index contributed by atoms with van der Waals surface area (Å²) in [6.07, 6.45) is 7.41. The van der Waals surface area contributed by atoms with Crippen molar-refractivity contribution in [3.63, 3.8) is 0 Å². The fourth-order valence-electron chi connectivity index (χ4n) is 4.84. The number of rotatable bonds is 5. The molecule has 0 unspecified atom stereocenters. The first-order chi connectivity index (χ1) is 17.6. The number of benzene rings is 2. The van der Waals surface area contributed by atoms with Gasteiger partial charge in [-0.05, 0) is 72.4 Å². The molecule has 0 atom stereocenters. The Morgan fingerprint density at radius 2 is 1.75 bits per heavy atom. The Labute approximate surface area is 212 Å². The number of pyridine rings is 1. The molecule has 1 aliphatic heterocycles. The third-order valence-electron chi connectivity index (χ3n) is 6.92. The van der Waals surface area contributed by atoms with E-state index in [0.717, 1.165) is 47.4 Å². The molecule has 1 saturated heterocycles. The number of thiazole rings is 1. The highest BCUT2D eigenvalue weighted by molar-refractivity contribution is 7.16. The maximum absolute atomic E-state index is 13.0. The minimum Gasteiger partial charge on any atom is -0.348 e. The van der Waals surface area contributed by atoms with Crippen molar-refractivity contribution in [2.24, 2.45) is 0 Å². The fraction of sp³-hybridized carbons (Fsp3) is 0.214. The first-order valence-electron chi connectivity index (χ1n) is 12.1. The van der Waals surface area contributed by atoms with Gasteiger partial charge in [0.1, 0.15) is 5.65 Å². The van der Waals surface area contributed by atoms with Crippen LogP contribution in [-0.4, -0.2) is 44.2 Å². The van der Waals surface area contributed by atoms with Gasteiger partial charge in [0.05, 0.1) is 15.7 Å². The van der Waals surface area contributed by atoms with E-state index >= 15 is 0 Å². The zero-order valence-electron chi connectivity index (χ0n) is 19.6. The zero-order valence-corrected chi connectivity index (χ0v) is 20.4. The number of hydrogen-bond acceptors (Lipinski definition) is 5. The molecule has 0 spiro atoms. The van der Waals surface area contributed by atoms with Gasteiger partial charge in [-0.1, -0.05) is 12.1 Å². The summed E-state index contributed by atoms with van der Waals surface area (Å²) in [5.74, 6) is 0.359. The molecule has 0 radical (unpaired) electrons. The van der Waals surface area contributed by atoms with Crippen molar-refractivity contribution in [2.75, 3.05) is 13.1 Å². The second kappa shape index (κ2) is 9.54. The minimum absolute atomic E-state index is 0.0715. The van der Waals surface area contributed by atoms with E-state index in [1.165, 1.54) is 5.56 Å². The van der Waals surface area contributed by atoms with E-state index in [4.69, 9.17) is 0 Å². The Morgan fingerprint density at radius 1 is 0.944 bits per heavy atom. The SMILES string of the molecule is O=C(NCc1ccn2ccnc2c1)c1ccc(C2CCN(C(=O)c3ccc4scnc4c3)CC2)cc1. The Hall–Kier alpha value is -4.04. The van der Waals surface area contributed by atoms with Gasteiger partial charge in [0.25, 0.3) is 11.8 Å². The monoisotopic (exact) mass is 495 g/mol. The summed E-state index contributed by atoms with van der Waals surface area (Å²) >= 11 is 1.58. The van der Waals surface area contributed by atoms with Crippen molar-refractivity contribution in [3.05, 3.63) is 101 Å². The maximum atomic E-state index is 13.0. The topological polar surface area (TPSA) is 79.6 Å². The van der Waals surface area contributed by atoms with E-state index in [2.05, 4.69) is 15.3 Å². The third kappa shape index (κ3) is 4.47. The van der Waals surface area contributed by atoms with Crippen molar-refractivity contribution >= 4 is 39.0 Å². The minimum atomic E-state index is -0.0951. The molecule has 1 N–H and O–H groups in total. The lowest BCUT2D eigenvalue weighted by Crippen LogP contribution is -2.37. The van der Waals surface area contributed by atoms with Crippen molar-refractivity contribution in [2.45, 2.75) is 25.3 Å². The summed E-state index contributed by atoms with van der Waals surface area (Å²) < 4.78 is 3.03. The first kappa shape index (κ1) is 22.4. The highest BCUT2D eigenvalue weighted by atomic mass is 32.1. The van der Waals surface area contributed by atoms with E-state index in [0.29, 0.717) is 23.6 Å². The highest BCUT2D eigenvalue weighted by Crippen LogP contribution is 2.29. The number of hydrogen-bond donors (Lipinski definition) is 1. The van der Waals surface area contributed by atoms with E-state index in [1.807, 2.05) is 76.3 Å². The van der Waals surface area contributed by atoms with Crippen LogP contribution in [0, 0.1) is 0 Å². The van der Waals surface area contributed by atoms with Crippen LogP contribution < -0.4 is 5.32 Å². The van der Waals surface area contributed by atoms with E-state index < -0.39 is 0 Å². The second-order valence-electron chi connectivity index (χ2n) is 9.13. The molecule has 4 heterocycles. The van der Waals surface area contributed by atoms with Gasteiger partial charge in [-0.25, -0.2) is 9.97 Å². The summed E-state index contributed by atoms with van der Waals surface area (Å²) in [6.45, 7) is 1.90. The van der Waals surface area contributed by atoms with Crippen LogP contribution >= 0.6 is 11.3 Å². The van der Waals surface area contributed by atoms with Gasteiger partial charge in [0.15, 0.2) is 0 Å². The summed E-state index contributed by atoms with van der Waals surface area (Å²) in [5, 5.41) is 2.99. The lowest BCUT2D eigenvalue weighted by Gasteiger charge is -2.32. The van der Waals surface area contributed by atoms with Crippen LogP contribution in [0.5, 0.6) is 0 Å². The van der Waals surface area contributed by atoms with Crippen molar-refractivity contribution < 1.29 is 9.59 Å². The molecule has 6 rings (SSSR count). The van der Waals surface area contributed by atoms with Gasteiger partial charge in [-0.15, -0.1) is 11.3 Å². The maximum Gasteiger partial charge on any atom is 0.253 e. The van der Waals surface area contributed by atoms with Crippen LogP contribution in [0.15, 0.2) is 78.7 Å². The predicted molar refractivity (Wildman–Crippen MR) is 140 cm³/mol. The number of likely N-dealkylation sites (tertiary alicyclic amines) is 1. The van der Waals surface area contributed by atoms with Gasteiger partial charge in [0, 0.05) is 49.4 Å². The number of nitrogens with zero attached hydrogens (tertiary/aromatic N) is 4. The summed E-state index contributed by atoms with van der Waals surface area (Å²) in [6, 6.07) is 17.6. The number of fused-ring (bicyclic) bond motifs is 2. The molecule has 1 aliphatic rings. The number of carbonyl (C=O) groups is 2. The van der Waals surface area contributed by atoms with Gasteiger partial charge < -0.3 is 14.6 Å². The Kier molecular flexibility index (Phi) is 5.95. The first-order valence-corrected chi connectivity index (χ1v) is 12.9. The van der Waals surface area contributed by atoms with Crippen LogP contribution in [0.25, 0.3) is 15.9 Å². The second-order valence-corrected chi connectivity index (χ2v) is 10.0. The number of aromatic nitrogens is 3. The van der Waals surface area contributed by atoms with Gasteiger partial charge in [0.2, 0.25) is 0 Å².